The van der Waals surface area contributed by atoms with Crippen LogP contribution < -0.4 is 4.74 Å². The number of hydrogen-bond donors (Lipinski definition) is 1. The minimum Gasteiger partial charge on any atom is -0.482 e. The van der Waals surface area contributed by atoms with Gasteiger partial charge < -0.3 is 14.7 Å². The van der Waals surface area contributed by atoms with E-state index in [0.29, 0.717) is 32.5 Å². The highest BCUT2D eigenvalue weighted by molar-refractivity contribution is 14.1. The summed E-state index contributed by atoms with van der Waals surface area (Å²) in [6.45, 7) is 5.98. The third-order valence-electron chi connectivity index (χ3n) is 5.32. The minimum atomic E-state index is -1.00. The number of aromatic carboxylic acids is 1. The molecule has 1 aliphatic rings. The van der Waals surface area contributed by atoms with Crippen LogP contribution in [0.5, 0.6) is 5.75 Å². The van der Waals surface area contributed by atoms with Gasteiger partial charge in [-0.2, -0.15) is 0 Å². The summed E-state index contributed by atoms with van der Waals surface area (Å²) in [4.78, 5) is 28.2. The standard InChI is InChI=1S/C22H23FI2N2O4/c1-13-10-27(14(2)9-26(13)11-15-3-5-17(23)6-4-15)20(28)12-31-21-18(24)7-16(22(29)30)8-19(21)25/h3-8,13-14H,9-12H2,1-2H3,(H,29,30)/t13-,14+/m0/s1. The normalized spacial score (nSPS) is 19.3. The molecule has 166 valence electrons. The first-order valence-electron chi connectivity index (χ1n) is 9.78. The third-order valence-corrected chi connectivity index (χ3v) is 6.92. The van der Waals surface area contributed by atoms with Gasteiger partial charge in [0.05, 0.1) is 12.7 Å². The van der Waals surface area contributed by atoms with Gasteiger partial charge in [-0.25, -0.2) is 9.18 Å². The van der Waals surface area contributed by atoms with E-state index in [4.69, 9.17) is 9.84 Å². The van der Waals surface area contributed by atoms with E-state index in [9.17, 15) is 14.0 Å². The third kappa shape index (κ3) is 6.07. The highest BCUT2D eigenvalue weighted by Gasteiger charge is 2.32. The van der Waals surface area contributed by atoms with Crippen LogP contribution in [0.4, 0.5) is 4.39 Å². The number of hydrogen-bond acceptors (Lipinski definition) is 4. The summed E-state index contributed by atoms with van der Waals surface area (Å²) in [5.41, 5.74) is 1.23. The Balaban J connectivity index is 1.60. The molecule has 3 rings (SSSR count). The fraction of sp³-hybridized carbons (Fsp3) is 0.364. The predicted molar refractivity (Wildman–Crippen MR) is 132 cm³/mol. The van der Waals surface area contributed by atoms with Crippen molar-refractivity contribution >= 4 is 57.1 Å². The molecule has 1 saturated heterocycles. The number of amides is 1. The molecule has 0 saturated carbocycles. The number of benzene rings is 2. The molecule has 1 amide bonds. The van der Waals surface area contributed by atoms with Gasteiger partial charge in [0.1, 0.15) is 11.6 Å². The van der Waals surface area contributed by atoms with Gasteiger partial charge in [0.25, 0.3) is 5.91 Å². The van der Waals surface area contributed by atoms with Gasteiger partial charge in [0.2, 0.25) is 0 Å². The molecule has 2 aromatic rings. The van der Waals surface area contributed by atoms with Gasteiger partial charge in [-0.15, -0.1) is 0 Å². The van der Waals surface area contributed by atoms with E-state index in [1.165, 1.54) is 24.3 Å². The topological polar surface area (TPSA) is 70.1 Å². The number of nitrogens with zero attached hydrogens (tertiary/aromatic N) is 2. The lowest BCUT2D eigenvalue weighted by atomic mass is 10.1. The Kier molecular flexibility index (Phi) is 8.14. The summed E-state index contributed by atoms with van der Waals surface area (Å²) >= 11 is 4.04. The van der Waals surface area contributed by atoms with Crippen LogP contribution in [0.15, 0.2) is 36.4 Å². The number of rotatable bonds is 6. The van der Waals surface area contributed by atoms with E-state index in [2.05, 4.69) is 11.8 Å². The molecular weight excluding hydrogens is 629 g/mol. The molecule has 6 nitrogen and oxygen atoms in total. The van der Waals surface area contributed by atoms with Crippen molar-refractivity contribution in [2.75, 3.05) is 19.7 Å². The molecule has 2 atom stereocenters. The van der Waals surface area contributed by atoms with Crippen molar-refractivity contribution < 1.29 is 23.8 Å². The van der Waals surface area contributed by atoms with Crippen molar-refractivity contribution in [3.63, 3.8) is 0 Å². The molecular formula is C22H23FI2N2O4. The van der Waals surface area contributed by atoms with E-state index in [1.54, 1.807) is 12.1 Å². The van der Waals surface area contributed by atoms with E-state index in [-0.39, 0.29) is 36.0 Å². The molecule has 0 bridgehead atoms. The van der Waals surface area contributed by atoms with Crippen molar-refractivity contribution in [1.82, 2.24) is 9.80 Å². The van der Waals surface area contributed by atoms with E-state index >= 15 is 0 Å². The number of carbonyl (C=O) groups is 2. The zero-order valence-corrected chi connectivity index (χ0v) is 21.5. The first kappa shape index (κ1) is 24.2. The molecule has 0 radical (unpaired) electrons. The van der Waals surface area contributed by atoms with E-state index < -0.39 is 5.97 Å². The zero-order valence-electron chi connectivity index (χ0n) is 17.1. The van der Waals surface area contributed by atoms with Crippen molar-refractivity contribution in [2.45, 2.75) is 32.5 Å². The molecule has 1 fully saturated rings. The average molecular weight is 652 g/mol. The van der Waals surface area contributed by atoms with Crippen LogP contribution in [0.2, 0.25) is 0 Å². The average Bonchev–Trinajstić information content (AvgIpc) is 2.71. The van der Waals surface area contributed by atoms with Crippen LogP contribution in [-0.2, 0) is 11.3 Å². The Morgan fingerprint density at radius 1 is 1.10 bits per heavy atom. The van der Waals surface area contributed by atoms with Crippen LogP contribution in [0.1, 0.15) is 29.8 Å². The maximum absolute atomic E-state index is 13.1. The lowest BCUT2D eigenvalue weighted by Gasteiger charge is -2.44. The summed E-state index contributed by atoms with van der Waals surface area (Å²) in [5, 5.41) is 9.16. The van der Waals surface area contributed by atoms with E-state index in [1.807, 2.05) is 57.0 Å². The summed E-state index contributed by atoms with van der Waals surface area (Å²) in [6, 6.07) is 9.74. The second-order valence-corrected chi connectivity index (χ2v) is 9.99. The Labute approximate surface area is 208 Å². The van der Waals surface area contributed by atoms with Crippen LogP contribution in [0, 0.1) is 13.0 Å². The Bertz CT molecular complexity index is 947. The molecule has 0 spiro atoms. The monoisotopic (exact) mass is 652 g/mol. The van der Waals surface area contributed by atoms with Gasteiger partial charge in [-0.1, -0.05) is 12.1 Å². The second kappa shape index (κ2) is 10.4. The Morgan fingerprint density at radius 2 is 1.71 bits per heavy atom. The number of carbonyl (C=O) groups excluding carboxylic acids is 1. The fourth-order valence-electron chi connectivity index (χ4n) is 3.63. The van der Waals surface area contributed by atoms with E-state index in [0.717, 1.165) is 5.56 Å². The summed E-state index contributed by atoms with van der Waals surface area (Å²) in [6.07, 6.45) is 0. The summed E-state index contributed by atoms with van der Waals surface area (Å²) < 4.78 is 20.2. The van der Waals surface area contributed by atoms with Crippen molar-refractivity contribution in [1.29, 1.82) is 0 Å². The zero-order chi connectivity index (χ0) is 22.7. The number of ether oxygens (including phenoxy) is 1. The van der Waals surface area contributed by atoms with Gasteiger partial charge in [-0.3, -0.25) is 9.69 Å². The SMILES string of the molecule is C[C@@H]1CN(Cc2ccc(F)cc2)[C@@H](C)CN1C(=O)COc1c(I)cc(C(=O)O)cc1I. The van der Waals surface area contributed by atoms with Crippen LogP contribution >= 0.6 is 45.2 Å². The summed E-state index contributed by atoms with van der Waals surface area (Å²) in [5.74, 6) is -0.827. The molecule has 2 aromatic carbocycles. The molecule has 9 heteroatoms. The number of halogens is 3. The summed E-state index contributed by atoms with van der Waals surface area (Å²) in [7, 11) is 0. The first-order valence-corrected chi connectivity index (χ1v) is 11.9. The van der Waals surface area contributed by atoms with Crippen molar-refractivity contribution in [2.24, 2.45) is 0 Å². The maximum Gasteiger partial charge on any atom is 0.335 e. The molecule has 1 aliphatic heterocycles. The van der Waals surface area contributed by atoms with Crippen molar-refractivity contribution in [3.8, 4) is 5.75 Å². The molecule has 31 heavy (non-hydrogen) atoms. The largest absolute Gasteiger partial charge is 0.482 e. The lowest BCUT2D eigenvalue weighted by Crippen LogP contribution is -2.58. The van der Waals surface area contributed by atoms with Crippen LogP contribution in [-0.4, -0.2) is 58.6 Å². The van der Waals surface area contributed by atoms with Crippen LogP contribution in [0.25, 0.3) is 0 Å². The van der Waals surface area contributed by atoms with Crippen molar-refractivity contribution in [3.05, 3.63) is 60.5 Å². The fourth-order valence-corrected chi connectivity index (χ4v) is 5.71. The Hall–Kier alpha value is -1.47. The lowest BCUT2D eigenvalue weighted by molar-refractivity contribution is -0.139. The van der Waals surface area contributed by atoms with Crippen LogP contribution in [0.3, 0.4) is 0 Å². The maximum atomic E-state index is 13.1. The smallest absolute Gasteiger partial charge is 0.335 e. The number of carboxylic acid groups (broad SMARTS) is 1. The number of piperazine rings is 1. The van der Waals surface area contributed by atoms with Gasteiger partial charge >= 0.3 is 5.97 Å². The molecule has 0 unspecified atom stereocenters. The number of carboxylic acids is 1. The molecule has 1 heterocycles. The highest BCUT2D eigenvalue weighted by Crippen LogP contribution is 2.29. The highest BCUT2D eigenvalue weighted by atomic mass is 127. The molecule has 0 aliphatic carbocycles. The minimum absolute atomic E-state index is 0.0141. The van der Waals surface area contributed by atoms with Gasteiger partial charge in [0.15, 0.2) is 6.61 Å². The second-order valence-electron chi connectivity index (χ2n) is 7.66. The predicted octanol–water partition coefficient (Wildman–Crippen LogP) is 4.23. The van der Waals surface area contributed by atoms with Gasteiger partial charge in [0, 0.05) is 31.7 Å². The molecule has 0 aromatic heterocycles. The quantitative estimate of drug-likeness (QED) is 0.474. The Morgan fingerprint density at radius 3 is 2.29 bits per heavy atom. The molecule has 1 N–H and O–H groups in total. The van der Waals surface area contributed by atoms with Gasteiger partial charge in [-0.05, 0) is 88.9 Å². The first-order chi connectivity index (χ1) is 14.7.